The highest BCUT2D eigenvalue weighted by atomic mass is 16.7. The summed E-state index contributed by atoms with van der Waals surface area (Å²) in [6.45, 7) is 6.44. The van der Waals surface area contributed by atoms with Crippen molar-refractivity contribution in [1.82, 2.24) is 10.8 Å². The van der Waals surface area contributed by atoms with E-state index < -0.39 is 0 Å². The Hall–Kier alpha value is -1.10. The second-order valence-electron chi connectivity index (χ2n) is 3.82. The lowest BCUT2D eigenvalue weighted by Crippen LogP contribution is -2.32. The summed E-state index contributed by atoms with van der Waals surface area (Å²) in [6, 6.07) is 0. The Kier molecular flexibility index (Phi) is 8.52. The lowest BCUT2D eigenvalue weighted by atomic mass is 10.0. The van der Waals surface area contributed by atoms with Gasteiger partial charge < -0.3 is 5.32 Å². The highest BCUT2D eigenvalue weighted by molar-refractivity contribution is 5.78. The number of carbonyl (C=O) groups excluding carboxylic acids is 2. The Morgan fingerprint density at radius 2 is 2.00 bits per heavy atom. The van der Waals surface area contributed by atoms with Gasteiger partial charge in [-0.3, -0.25) is 14.4 Å². The quantitative estimate of drug-likeness (QED) is 0.625. The van der Waals surface area contributed by atoms with Crippen LogP contribution in [0.2, 0.25) is 0 Å². The van der Waals surface area contributed by atoms with E-state index in [2.05, 4.69) is 24.6 Å². The molecule has 1 atom stereocenters. The van der Waals surface area contributed by atoms with Gasteiger partial charge in [-0.2, -0.15) is 0 Å². The minimum absolute atomic E-state index is 0. The van der Waals surface area contributed by atoms with Gasteiger partial charge in [0.25, 0.3) is 0 Å². The van der Waals surface area contributed by atoms with Gasteiger partial charge in [0.2, 0.25) is 11.8 Å². The van der Waals surface area contributed by atoms with Crippen molar-refractivity contribution in [3.05, 3.63) is 0 Å². The van der Waals surface area contributed by atoms with Gasteiger partial charge in [0, 0.05) is 15.8 Å². The smallest absolute Gasteiger partial charge is 0.248 e. The summed E-state index contributed by atoms with van der Waals surface area (Å²) in [5.74, 6) is 0.128. The normalized spacial score (nSPS) is 11.9. The fourth-order valence-electron chi connectivity index (χ4n) is 1.06. The molecular formula is C11H26N2O3. The van der Waals surface area contributed by atoms with Gasteiger partial charge in [0.1, 0.15) is 0 Å². The number of carbonyl (C=O) groups is 2. The summed E-state index contributed by atoms with van der Waals surface area (Å²) >= 11 is 0. The van der Waals surface area contributed by atoms with Crippen molar-refractivity contribution < 1.29 is 17.3 Å². The van der Waals surface area contributed by atoms with Crippen LogP contribution in [0.4, 0.5) is 0 Å². The number of amides is 2. The second-order valence-corrected chi connectivity index (χ2v) is 3.82. The second kappa shape index (κ2) is 9.15. The van der Waals surface area contributed by atoms with Crippen LogP contribution in [0.1, 0.15) is 42.9 Å². The number of likely N-dealkylation sites (N-methyl/N-ethyl adjacent to an activating group) is 1. The van der Waals surface area contributed by atoms with Crippen molar-refractivity contribution in [3.8, 4) is 0 Å². The van der Waals surface area contributed by atoms with E-state index in [-0.39, 0.29) is 21.3 Å². The molecule has 0 aliphatic rings. The zero-order chi connectivity index (χ0) is 12.4. The summed E-state index contributed by atoms with van der Waals surface area (Å²) in [7, 11) is 0. The molecule has 0 radical (unpaired) electrons. The summed E-state index contributed by atoms with van der Waals surface area (Å²) in [6.07, 6.45) is 2.34. The van der Waals surface area contributed by atoms with Crippen molar-refractivity contribution in [2.75, 3.05) is 13.2 Å². The molecule has 16 heavy (non-hydrogen) atoms. The van der Waals surface area contributed by atoms with Crippen molar-refractivity contribution in [2.45, 2.75) is 40.0 Å². The molecule has 0 saturated heterocycles. The van der Waals surface area contributed by atoms with Crippen molar-refractivity contribution >= 4 is 11.8 Å². The summed E-state index contributed by atoms with van der Waals surface area (Å²) in [4.78, 5) is 26.9. The third-order valence-corrected chi connectivity index (χ3v) is 2.32. The van der Waals surface area contributed by atoms with E-state index in [1.807, 2.05) is 6.92 Å². The molecule has 0 heterocycles. The minimum atomic E-state index is -0.232. The SMILES string of the molecule is CCNC(=O)CONC(=O)CCC(C)CC.[HH].[HH]. The molecule has 0 aliphatic carbocycles. The van der Waals surface area contributed by atoms with Crippen molar-refractivity contribution in [1.29, 1.82) is 0 Å². The average molecular weight is 234 g/mol. The predicted octanol–water partition coefficient (Wildman–Crippen LogP) is 1.49. The first-order valence-electron chi connectivity index (χ1n) is 5.77. The molecular weight excluding hydrogens is 208 g/mol. The molecule has 0 aliphatic heterocycles. The molecule has 5 heteroatoms. The molecule has 0 aromatic heterocycles. The van der Waals surface area contributed by atoms with E-state index in [1.165, 1.54) is 0 Å². The molecule has 0 aromatic rings. The van der Waals surface area contributed by atoms with Gasteiger partial charge >= 0.3 is 0 Å². The Balaban J connectivity index is -0.00000112. The van der Waals surface area contributed by atoms with Crippen molar-refractivity contribution in [2.24, 2.45) is 5.92 Å². The predicted molar refractivity (Wildman–Crippen MR) is 65.7 cm³/mol. The zero-order valence-corrected chi connectivity index (χ0v) is 10.3. The third kappa shape index (κ3) is 8.23. The monoisotopic (exact) mass is 234 g/mol. The van der Waals surface area contributed by atoms with Crippen LogP contribution in [-0.2, 0) is 14.4 Å². The highest BCUT2D eigenvalue weighted by Crippen LogP contribution is 2.08. The summed E-state index contributed by atoms with van der Waals surface area (Å²) < 4.78 is 0. The van der Waals surface area contributed by atoms with Gasteiger partial charge in [0.15, 0.2) is 6.61 Å². The minimum Gasteiger partial charge on any atom is -0.354 e. The van der Waals surface area contributed by atoms with Gasteiger partial charge in [-0.05, 0) is 19.3 Å². The average Bonchev–Trinajstić information content (AvgIpc) is 2.26. The number of hydrogen-bond donors (Lipinski definition) is 2. The first-order valence-corrected chi connectivity index (χ1v) is 5.77. The molecule has 98 valence electrons. The van der Waals surface area contributed by atoms with Crippen molar-refractivity contribution in [3.63, 3.8) is 0 Å². The first-order chi connectivity index (χ1) is 7.60. The molecule has 0 spiro atoms. The fraction of sp³-hybridized carbons (Fsp3) is 0.818. The zero-order valence-electron chi connectivity index (χ0n) is 10.3. The van der Waals surface area contributed by atoms with E-state index in [1.54, 1.807) is 0 Å². The molecule has 0 fully saturated rings. The largest absolute Gasteiger partial charge is 0.354 e. The van der Waals surface area contributed by atoms with Crippen LogP contribution >= 0.6 is 0 Å². The molecule has 0 aromatic carbocycles. The number of hydrogen-bond acceptors (Lipinski definition) is 3. The van der Waals surface area contributed by atoms with Gasteiger partial charge in [-0.15, -0.1) is 0 Å². The maximum atomic E-state index is 11.2. The highest BCUT2D eigenvalue weighted by Gasteiger charge is 2.06. The maximum Gasteiger partial charge on any atom is 0.248 e. The molecule has 2 N–H and O–H groups in total. The topological polar surface area (TPSA) is 67.4 Å². The molecule has 2 amide bonds. The van der Waals surface area contributed by atoms with E-state index in [4.69, 9.17) is 4.84 Å². The number of rotatable bonds is 8. The van der Waals surface area contributed by atoms with Gasteiger partial charge in [-0.1, -0.05) is 20.3 Å². The van der Waals surface area contributed by atoms with E-state index in [0.29, 0.717) is 18.9 Å². The van der Waals surface area contributed by atoms with E-state index in [9.17, 15) is 9.59 Å². The van der Waals surface area contributed by atoms with Crippen LogP contribution in [0.3, 0.4) is 0 Å². The standard InChI is InChI=1S/C11H22N2O3.2H2/c1-4-9(3)6-7-10(14)13-16-8-11(15)12-5-2;;/h9H,4-8H2,1-3H3,(H,12,15)(H,13,14);2*1H. The lowest BCUT2D eigenvalue weighted by Gasteiger charge is -2.08. The van der Waals surface area contributed by atoms with Crippen LogP contribution in [0.15, 0.2) is 0 Å². The Bertz CT molecular complexity index is 228. The number of hydroxylamine groups is 1. The third-order valence-electron chi connectivity index (χ3n) is 2.32. The van der Waals surface area contributed by atoms with Gasteiger partial charge in [0.05, 0.1) is 0 Å². The van der Waals surface area contributed by atoms with Crippen LogP contribution in [0.5, 0.6) is 0 Å². The van der Waals surface area contributed by atoms with E-state index >= 15 is 0 Å². The molecule has 0 rings (SSSR count). The molecule has 0 saturated carbocycles. The fourth-order valence-corrected chi connectivity index (χ4v) is 1.06. The Morgan fingerprint density at radius 3 is 2.56 bits per heavy atom. The van der Waals surface area contributed by atoms with E-state index in [0.717, 1.165) is 12.8 Å². The van der Waals surface area contributed by atoms with Crippen LogP contribution < -0.4 is 10.8 Å². The summed E-state index contributed by atoms with van der Waals surface area (Å²) in [5, 5.41) is 2.56. The lowest BCUT2D eigenvalue weighted by molar-refractivity contribution is -0.139. The number of nitrogens with one attached hydrogen (secondary N) is 2. The summed E-state index contributed by atoms with van der Waals surface area (Å²) in [5.41, 5.74) is 2.25. The van der Waals surface area contributed by atoms with Crippen LogP contribution in [-0.4, -0.2) is 25.0 Å². The Labute approximate surface area is 99.8 Å². The maximum absolute atomic E-state index is 11.2. The van der Waals surface area contributed by atoms with Gasteiger partial charge in [-0.25, -0.2) is 5.48 Å². The molecule has 5 nitrogen and oxygen atoms in total. The van der Waals surface area contributed by atoms with Crippen LogP contribution in [0.25, 0.3) is 0 Å². The first kappa shape index (κ1) is 14.9. The molecule has 0 bridgehead atoms. The Morgan fingerprint density at radius 1 is 1.31 bits per heavy atom. The van der Waals surface area contributed by atoms with Crippen LogP contribution in [0, 0.1) is 5.92 Å². The molecule has 1 unspecified atom stereocenters.